The van der Waals surface area contributed by atoms with Crippen LogP contribution in [0.2, 0.25) is 0 Å². The standard InChI is InChI=1S/C23H29N3O4/c1-28-20-6-3-2-5-18(20)7-8-21(27)26-14-10-23(11-15-26)17-19(9-16-29-23)30-22-24-12-4-13-25-22/h2-6,12-13,19H,7-11,14-17H2,1H3. The van der Waals surface area contributed by atoms with Gasteiger partial charge in [-0.3, -0.25) is 4.79 Å². The van der Waals surface area contributed by atoms with E-state index in [-0.39, 0.29) is 17.6 Å². The first-order chi connectivity index (χ1) is 14.7. The van der Waals surface area contributed by atoms with Crippen LogP contribution in [0.1, 0.15) is 37.7 Å². The minimum Gasteiger partial charge on any atom is -0.496 e. The number of aromatic nitrogens is 2. The van der Waals surface area contributed by atoms with E-state index in [1.165, 1.54) is 0 Å². The monoisotopic (exact) mass is 411 g/mol. The molecule has 7 heteroatoms. The molecular formula is C23H29N3O4. The average molecular weight is 412 g/mol. The van der Waals surface area contributed by atoms with Gasteiger partial charge in [-0.25, -0.2) is 9.97 Å². The number of piperidine rings is 1. The van der Waals surface area contributed by atoms with E-state index in [0.717, 1.165) is 50.1 Å². The van der Waals surface area contributed by atoms with E-state index in [2.05, 4.69) is 9.97 Å². The van der Waals surface area contributed by atoms with Gasteiger partial charge in [0, 0.05) is 44.7 Å². The lowest BCUT2D eigenvalue weighted by Crippen LogP contribution is -2.52. The van der Waals surface area contributed by atoms with Crippen LogP contribution < -0.4 is 9.47 Å². The molecule has 1 aromatic carbocycles. The normalized spacial score (nSPS) is 20.7. The first-order valence-corrected chi connectivity index (χ1v) is 10.6. The molecule has 0 saturated carbocycles. The molecule has 0 N–H and O–H groups in total. The number of nitrogens with zero attached hydrogens (tertiary/aromatic N) is 3. The summed E-state index contributed by atoms with van der Waals surface area (Å²) in [6.07, 6.45) is 7.93. The first kappa shape index (κ1) is 20.6. The quantitative estimate of drug-likeness (QED) is 0.727. The molecule has 2 fully saturated rings. The van der Waals surface area contributed by atoms with Crippen molar-refractivity contribution < 1.29 is 19.0 Å². The molecule has 2 aromatic rings. The highest BCUT2D eigenvalue weighted by Crippen LogP contribution is 2.36. The van der Waals surface area contributed by atoms with Crippen LogP contribution in [0.15, 0.2) is 42.7 Å². The average Bonchev–Trinajstić information content (AvgIpc) is 2.79. The van der Waals surface area contributed by atoms with Gasteiger partial charge in [0.25, 0.3) is 0 Å². The topological polar surface area (TPSA) is 73.8 Å². The fraction of sp³-hybridized carbons (Fsp3) is 0.522. The summed E-state index contributed by atoms with van der Waals surface area (Å²) in [6, 6.07) is 10.1. The van der Waals surface area contributed by atoms with Gasteiger partial charge in [-0.1, -0.05) is 18.2 Å². The van der Waals surface area contributed by atoms with Crippen LogP contribution in [0.25, 0.3) is 0 Å². The molecule has 1 spiro atoms. The van der Waals surface area contributed by atoms with E-state index in [1.807, 2.05) is 29.2 Å². The van der Waals surface area contributed by atoms with Gasteiger partial charge in [-0.05, 0) is 37.0 Å². The fourth-order valence-corrected chi connectivity index (χ4v) is 4.40. The third-order valence-corrected chi connectivity index (χ3v) is 6.09. The number of benzene rings is 1. The van der Waals surface area contributed by atoms with E-state index < -0.39 is 0 Å². The first-order valence-electron chi connectivity index (χ1n) is 10.6. The minimum atomic E-state index is -0.211. The predicted molar refractivity (Wildman–Crippen MR) is 111 cm³/mol. The van der Waals surface area contributed by atoms with Crippen LogP contribution in [0, 0.1) is 0 Å². The maximum Gasteiger partial charge on any atom is 0.316 e. The molecule has 0 bridgehead atoms. The minimum absolute atomic E-state index is 0.0500. The summed E-state index contributed by atoms with van der Waals surface area (Å²) in [4.78, 5) is 23.0. The van der Waals surface area contributed by atoms with Crippen molar-refractivity contribution in [1.29, 1.82) is 0 Å². The number of aryl methyl sites for hydroxylation is 1. The van der Waals surface area contributed by atoms with Gasteiger partial charge >= 0.3 is 6.01 Å². The number of rotatable bonds is 6. The molecule has 7 nitrogen and oxygen atoms in total. The Labute approximate surface area is 177 Å². The Balaban J connectivity index is 1.28. The second kappa shape index (κ2) is 9.43. The third kappa shape index (κ3) is 4.90. The Kier molecular flexibility index (Phi) is 6.47. The zero-order valence-electron chi connectivity index (χ0n) is 17.5. The number of methoxy groups -OCH3 is 1. The molecule has 2 saturated heterocycles. The molecule has 4 rings (SSSR count). The van der Waals surface area contributed by atoms with Gasteiger partial charge in [0.05, 0.1) is 19.3 Å². The third-order valence-electron chi connectivity index (χ3n) is 6.09. The lowest BCUT2D eigenvalue weighted by Gasteiger charge is -2.45. The number of carbonyl (C=O) groups excluding carboxylic acids is 1. The van der Waals surface area contributed by atoms with Crippen molar-refractivity contribution in [2.45, 2.75) is 50.2 Å². The van der Waals surface area contributed by atoms with E-state index in [1.54, 1.807) is 25.6 Å². The predicted octanol–water partition coefficient (Wildman–Crippen LogP) is 3.04. The van der Waals surface area contributed by atoms with Crippen molar-refractivity contribution in [2.75, 3.05) is 26.8 Å². The van der Waals surface area contributed by atoms with Gasteiger partial charge in [-0.2, -0.15) is 0 Å². The summed E-state index contributed by atoms with van der Waals surface area (Å²) in [5.41, 5.74) is 0.859. The lowest BCUT2D eigenvalue weighted by molar-refractivity contribution is -0.151. The largest absolute Gasteiger partial charge is 0.496 e. The summed E-state index contributed by atoms with van der Waals surface area (Å²) < 4.78 is 17.5. The van der Waals surface area contributed by atoms with Gasteiger partial charge in [0.1, 0.15) is 11.9 Å². The number of hydrogen-bond acceptors (Lipinski definition) is 6. The maximum absolute atomic E-state index is 12.8. The van der Waals surface area contributed by atoms with Gasteiger partial charge < -0.3 is 19.1 Å². The van der Waals surface area contributed by atoms with Gasteiger partial charge in [0.2, 0.25) is 5.91 Å². The van der Waals surface area contributed by atoms with Crippen LogP contribution in [0.3, 0.4) is 0 Å². The molecule has 2 aliphatic rings. The molecule has 160 valence electrons. The Bertz CT molecular complexity index is 837. The van der Waals surface area contributed by atoms with E-state index in [9.17, 15) is 4.79 Å². The zero-order valence-corrected chi connectivity index (χ0v) is 17.5. The molecule has 0 radical (unpaired) electrons. The molecule has 3 heterocycles. The Morgan fingerprint density at radius 1 is 1.20 bits per heavy atom. The van der Waals surface area contributed by atoms with Crippen molar-refractivity contribution in [3.8, 4) is 11.8 Å². The van der Waals surface area contributed by atoms with Crippen LogP contribution in [0.4, 0.5) is 0 Å². The SMILES string of the molecule is COc1ccccc1CCC(=O)N1CCC2(CC1)CC(Oc1ncccn1)CCO2. The number of amides is 1. The smallest absolute Gasteiger partial charge is 0.316 e. The summed E-state index contributed by atoms with van der Waals surface area (Å²) in [5.74, 6) is 1.03. The molecular weight excluding hydrogens is 382 g/mol. The van der Waals surface area contributed by atoms with E-state index in [4.69, 9.17) is 14.2 Å². The maximum atomic E-state index is 12.8. The van der Waals surface area contributed by atoms with Crippen molar-refractivity contribution in [2.24, 2.45) is 0 Å². The number of hydrogen-bond donors (Lipinski definition) is 0. The van der Waals surface area contributed by atoms with Crippen LogP contribution in [-0.2, 0) is 16.0 Å². The Hall–Kier alpha value is -2.67. The number of carbonyl (C=O) groups is 1. The van der Waals surface area contributed by atoms with E-state index >= 15 is 0 Å². The van der Waals surface area contributed by atoms with Gasteiger partial charge in [-0.15, -0.1) is 0 Å². The number of para-hydroxylation sites is 1. The van der Waals surface area contributed by atoms with Gasteiger partial charge in [0.15, 0.2) is 0 Å². The summed E-state index contributed by atoms with van der Waals surface area (Å²) in [6.45, 7) is 2.11. The zero-order chi connectivity index (χ0) is 20.8. The molecule has 1 atom stereocenters. The van der Waals surface area contributed by atoms with E-state index in [0.29, 0.717) is 25.5 Å². The van der Waals surface area contributed by atoms with Crippen molar-refractivity contribution >= 4 is 5.91 Å². The summed E-state index contributed by atoms with van der Waals surface area (Å²) in [5, 5.41) is 0. The summed E-state index contributed by atoms with van der Waals surface area (Å²) >= 11 is 0. The second-order valence-electron chi connectivity index (χ2n) is 7.99. The van der Waals surface area contributed by atoms with Crippen molar-refractivity contribution in [3.63, 3.8) is 0 Å². The second-order valence-corrected chi connectivity index (χ2v) is 7.99. The van der Waals surface area contributed by atoms with Crippen LogP contribution >= 0.6 is 0 Å². The molecule has 30 heavy (non-hydrogen) atoms. The number of ether oxygens (including phenoxy) is 3. The van der Waals surface area contributed by atoms with Crippen LogP contribution in [-0.4, -0.2) is 59.3 Å². The highest BCUT2D eigenvalue weighted by molar-refractivity contribution is 5.76. The molecule has 0 aliphatic carbocycles. The fourth-order valence-electron chi connectivity index (χ4n) is 4.40. The number of likely N-dealkylation sites (tertiary alicyclic amines) is 1. The Morgan fingerprint density at radius 3 is 2.73 bits per heavy atom. The molecule has 1 aromatic heterocycles. The molecule has 1 unspecified atom stereocenters. The summed E-state index contributed by atoms with van der Waals surface area (Å²) in [7, 11) is 1.66. The Morgan fingerprint density at radius 2 is 1.97 bits per heavy atom. The highest BCUT2D eigenvalue weighted by Gasteiger charge is 2.42. The molecule has 1 amide bonds. The molecule has 2 aliphatic heterocycles. The van der Waals surface area contributed by atoms with Crippen molar-refractivity contribution in [1.82, 2.24) is 14.9 Å². The van der Waals surface area contributed by atoms with Crippen molar-refractivity contribution in [3.05, 3.63) is 48.3 Å². The van der Waals surface area contributed by atoms with Crippen LogP contribution in [0.5, 0.6) is 11.8 Å². The lowest BCUT2D eigenvalue weighted by atomic mass is 9.83. The highest BCUT2D eigenvalue weighted by atomic mass is 16.5.